The van der Waals surface area contributed by atoms with Crippen LogP contribution in [0, 0.1) is 11.8 Å². The molecule has 5 heteroatoms. The van der Waals surface area contributed by atoms with Crippen LogP contribution in [0.5, 0.6) is 0 Å². The molecule has 0 saturated heterocycles. The lowest BCUT2D eigenvalue weighted by Gasteiger charge is -2.19. The number of hydrogen-bond donors (Lipinski definition) is 2. The minimum atomic E-state index is -0.482. The Bertz CT molecular complexity index is 458. The van der Waals surface area contributed by atoms with Crippen molar-refractivity contribution in [3.05, 3.63) is 29.8 Å². The Kier molecular flexibility index (Phi) is 5.51. The van der Waals surface area contributed by atoms with E-state index in [1.165, 1.54) is 7.11 Å². The number of ether oxygens (including phenoxy) is 1. The normalized spacial score (nSPS) is 12.1. The summed E-state index contributed by atoms with van der Waals surface area (Å²) in [6.45, 7) is 4.14. The van der Waals surface area contributed by atoms with Gasteiger partial charge in [0.05, 0.1) is 24.3 Å². The second-order valence-corrected chi connectivity index (χ2v) is 4.61. The second-order valence-electron chi connectivity index (χ2n) is 4.61. The molecule has 1 unspecified atom stereocenters. The average molecular weight is 264 g/mol. The molecule has 1 aromatic carbocycles. The number of amides is 1. The largest absolute Gasteiger partial charge is 0.465 e. The van der Waals surface area contributed by atoms with Gasteiger partial charge in [-0.15, -0.1) is 0 Å². The van der Waals surface area contributed by atoms with Gasteiger partial charge in [-0.05, 0) is 18.1 Å². The minimum absolute atomic E-state index is 0.135. The third-order valence-corrected chi connectivity index (χ3v) is 2.99. The molecule has 0 spiro atoms. The number of carbonyl (C=O) groups is 2. The van der Waals surface area contributed by atoms with E-state index in [9.17, 15) is 9.59 Å². The predicted octanol–water partition coefficient (Wildman–Crippen LogP) is 1.64. The molecule has 0 aliphatic carbocycles. The number of methoxy groups -OCH3 is 1. The number of rotatable bonds is 5. The summed E-state index contributed by atoms with van der Waals surface area (Å²) >= 11 is 0. The van der Waals surface area contributed by atoms with E-state index in [1.807, 2.05) is 13.8 Å². The number of hydrogen-bond acceptors (Lipinski definition) is 4. The summed E-state index contributed by atoms with van der Waals surface area (Å²) < 4.78 is 4.68. The van der Waals surface area contributed by atoms with Gasteiger partial charge in [0.25, 0.3) is 0 Å². The summed E-state index contributed by atoms with van der Waals surface area (Å²) in [5, 5.41) is 2.74. The Morgan fingerprint density at radius 1 is 1.32 bits per heavy atom. The monoisotopic (exact) mass is 264 g/mol. The van der Waals surface area contributed by atoms with E-state index in [0.717, 1.165) is 0 Å². The van der Waals surface area contributed by atoms with Crippen molar-refractivity contribution < 1.29 is 14.3 Å². The number of para-hydroxylation sites is 1. The second kappa shape index (κ2) is 6.89. The van der Waals surface area contributed by atoms with Gasteiger partial charge in [-0.1, -0.05) is 26.0 Å². The summed E-state index contributed by atoms with van der Waals surface area (Å²) in [4.78, 5) is 23.7. The Balaban J connectivity index is 2.93. The highest BCUT2D eigenvalue weighted by molar-refractivity contribution is 6.01. The number of anilines is 1. The maximum Gasteiger partial charge on any atom is 0.339 e. The van der Waals surface area contributed by atoms with Crippen molar-refractivity contribution in [2.24, 2.45) is 17.6 Å². The molecule has 1 rings (SSSR count). The maximum absolute atomic E-state index is 12.1. The van der Waals surface area contributed by atoms with Crippen LogP contribution in [-0.2, 0) is 9.53 Å². The summed E-state index contributed by atoms with van der Waals surface area (Å²) in [5.41, 5.74) is 6.37. The van der Waals surface area contributed by atoms with E-state index in [-0.39, 0.29) is 24.3 Å². The first-order valence-electron chi connectivity index (χ1n) is 6.19. The number of esters is 1. The molecule has 3 N–H and O–H groups in total. The van der Waals surface area contributed by atoms with E-state index in [2.05, 4.69) is 10.1 Å². The number of carbonyl (C=O) groups excluding carboxylic acids is 2. The fourth-order valence-electron chi connectivity index (χ4n) is 1.79. The van der Waals surface area contributed by atoms with Crippen molar-refractivity contribution in [2.45, 2.75) is 13.8 Å². The molecular formula is C14H20N2O3. The van der Waals surface area contributed by atoms with Crippen LogP contribution in [0.1, 0.15) is 24.2 Å². The van der Waals surface area contributed by atoms with Gasteiger partial charge in [0.15, 0.2) is 0 Å². The highest BCUT2D eigenvalue weighted by atomic mass is 16.5. The topological polar surface area (TPSA) is 81.4 Å². The number of nitrogens with one attached hydrogen (secondary N) is 1. The molecule has 0 aromatic heterocycles. The molecule has 0 heterocycles. The van der Waals surface area contributed by atoms with Crippen LogP contribution in [-0.4, -0.2) is 25.5 Å². The van der Waals surface area contributed by atoms with Gasteiger partial charge >= 0.3 is 5.97 Å². The molecule has 19 heavy (non-hydrogen) atoms. The van der Waals surface area contributed by atoms with Gasteiger partial charge < -0.3 is 15.8 Å². The third-order valence-electron chi connectivity index (χ3n) is 2.99. The molecule has 1 atom stereocenters. The first kappa shape index (κ1) is 15.2. The van der Waals surface area contributed by atoms with Crippen molar-refractivity contribution in [2.75, 3.05) is 19.0 Å². The zero-order chi connectivity index (χ0) is 14.4. The van der Waals surface area contributed by atoms with Crippen molar-refractivity contribution in [1.29, 1.82) is 0 Å². The van der Waals surface area contributed by atoms with Crippen LogP contribution >= 0.6 is 0 Å². The van der Waals surface area contributed by atoms with Crippen molar-refractivity contribution in [3.8, 4) is 0 Å². The smallest absolute Gasteiger partial charge is 0.339 e. The molecule has 104 valence electrons. The van der Waals surface area contributed by atoms with E-state index in [0.29, 0.717) is 11.3 Å². The Labute approximate surface area is 113 Å². The lowest BCUT2D eigenvalue weighted by Crippen LogP contribution is -2.33. The molecule has 0 aliphatic heterocycles. The van der Waals surface area contributed by atoms with Crippen molar-refractivity contribution >= 4 is 17.6 Å². The number of nitrogens with two attached hydrogens (primary N) is 1. The molecule has 0 saturated carbocycles. The lowest BCUT2D eigenvalue weighted by molar-refractivity contribution is -0.120. The van der Waals surface area contributed by atoms with E-state index < -0.39 is 5.97 Å². The fraction of sp³-hybridized carbons (Fsp3) is 0.429. The predicted molar refractivity (Wildman–Crippen MR) is 73.8 cm³/mol. The van der Waals surface area contributed by atoms with E-state index in [4.69, 9.17) is 5.73 Å². The van der Waals surface area contributed by atoms with Gasteiger partial charge in [-0.2, -0.15) is 0 Å². The average Bonchev–Trinajstić information content (AvgIpc) is 2.38. The minimum Gasteiger partial charge on any atom is -0.465 e. The van der Waals surface area contributed by atoms with Crippen molar-refractivity contribution in [1.82, 2.24) is 0 Å². The van der Waals surface area contributed by atoms with Gasteiger partial charge in [0.2, 0.25) is 5.91 Å². The number of benzene rings is 1. The van der Waals surface area contributed by atoms with Crippen LogP contribution in [0.25, 0.3) is 0 Å². The maximum atomic E-state index is 12.1. The van der Waals surface area contributed by atoms with Crippen LogP contribution in [0.2, 0.25) is 0 Å². The zero-order valence-corrected chi connectivity index (χ0v) is 11.5. The SMILES string of the molecule is COC(=O)c1ccccc1NC(=O)C(CN)C(C)C. The molecule has 0 aliphatic rings. The molecule has 0 bridgehead atoms. The van der Waals surface area contributed by atoms with Gasteiger partial charge in [-0.3, -0.25) is 4.79 Å². The summed E-state index contributed by atoms with van der Waals surface area (Å²) in [7, 11) is 1.30. The summed E-state index contributed by atoms with van der Waals surface area (Å²) in [6, 6.07) is 6.73. The Hall–Kier alpha value is -1.88. The van der Waals surface area contributed by atoms with Crippen molar-refractivity contribution in [3.63, 3.8) is 0 Å². The van der Waals surface area contributed by atoms with Crippen LogP contribution in [0.15, 0.2) is 24.3 Å². The molecule has 0 radical (unpaired) electrons. The van der Waals surface area contributed by atoms with E-state index in [1.54, 1.807) is 24.3 Å². The van der Waals surface area contributed by atoms with E-state index >= 15 is 0 Å². The first-order chi connectivity index (χ1) is 9.01. The Morgan fingerprint density at radius 3 is 2.47 bits per heavy atom. The quantitative estimate of drug-likeness (QED) is 0.792. The Morgan fingerprint density at radius 2 is 1.95 bits per heavy atom. The standard InChI is InChI=1S/C14H20N2O3/c1-9(2)11(8-15)13(17)16-12-7-5-4-6-10(12)14(18)19-3/h4-7,9,11H,8,15H2,1-3H3,(H,16,17). The molecule has 1 aromatic rings. The van der Waals surface area contributed by atoms with Crippen LogP contribution in [0.3, 0.4) is 0 Å². The summed E-state index contributed by atoms with van der Waals surface area (Å²) in [5.74, 6) is -0.820. The molecule has 1 amide bonds. The fourth-order valence-corrected chi connectivity index (χ4v) is 1.79. The third kappa shape index (κ3) is 3.79. The van der Waals surface area contributed by atoms with Gasteiger partial charge in [0, 0.05) is 6.54 Å². The molecular weight excluding hydrogens is 244 g/mol. The van der Waals surface area contributed by atoms with Gasteiger partial charge in [0.1, 0.15) is 0 Å². The highest BCUT2D eigenvalue weighted by Crippen LogP contribution is 2.18. The lowest BCUT2D eigenvalue weighted by atomic mass is 9.95. The first-order valence-corrected chi connectivity index (χ1v) is 6.19. The highest BCUT2D eigenvalue weighted by Gasteiger charge is 2.22. The van der Waals surface area contributed by atoms with Crippen LogP contribution < -0.4 is 11.1 Å². The molecule has 0 fully saturated rings. The zero-order valence-electron chi connectivity index (χ0n) is 11.5. The van der Waals surface area contributed by atoms with Crippen LogP contribution in [0.4, 0.5) is 5.69 Å². The van der Waals surface area contributed by atoms with Gasteiger partial charge in [-0.25, -0.2) is 4.79 Å². The summed E-state index contributed by atoms with van der Waals surface area (Å²) in [6.07, 6.45) is 0. The molecule has 5 nitrogen and oxygen atoms in total.